The third-order valence-electron chi connectivity index (χ3n) is 2.95. The van der Waals surface area contributed by atoms with Crippen LogP contribution < -0.4 is 0 Å². The Labute approximate surface area is 78.1 Å². The molecule has 0 saturated heterocycles. The molecule has 1 heteroatoms. The minimum absolute atomic E-state index is 0.625. The average molecular weight is 172 g/mol. The maximum absolute atomic E-state index is 5.50. The smallest absolute Gasteiger partial charge is 0.127 e. The Kier molecular flexibility index (Phi) is 1.32. The molecule has 3 rings (SSSR count). The van der Waals surface area contributed by atoms with Gasteiger partial charge in [-0.05, 0) is 41.7 Å². The maximum atomic E-state index is 5.50. The highest BCUT2D eigenvalue weighted by atomic mass is 16.5. The lowest BCUT2D eigenvalue weighted by Gasteiger charge is -2.20. The van der Waals surface area contributed by atoms with E-state index < -0.39 is 0 Å². The van der Waals surface area contributed by atoms with Crippen molar-refractivity contribution in [3.05, 3.63) is 47.0 Å². The predicted molar refractivity (Wildman–Crippen MR) is 51.8 cm³/mol. The second-order valence-corrected chi connectivity index (χ2v) is 3.71. The van der Waals surface area contributed by atoms with Gasteiger partial charge in [0.2, 0.25) is 0 Å². The molecular weight excluding hydrogens is 160 g/mol. The van der Waals surface area contributed by atoms with Gasteiger partial charge in [-0.3, -0.25) is 0 Å². The molecule has 0 bridgehead atoms. The van der Waals surface area contributed by atoms with Crippen molar-refractivity contribution in [3.63, 3.8) is 0 Å². The van der Waals surface area contributed by atoms with Crippen molar-refractivity contribution in [2.24, 2.45) is 5.92 Å². The molecule has 0 radical (unpaired) electrons. The van der Waals surface area contributed by atoms with Crippen LogP contribution in [0.4, 0.5) is 0 Å². The SMILES string of the molecule is CCC1=CC2=C(CC=CO2)C2C=C12. The quantitative estimate of drug-likeness (QED) is 0.590. The van der Waals surface area contributed by atoms with Crippen LogP contribution in [-0.4, -0.2) is 0 Å². The molecule has 1 heterocycles. The van der Waals surface area contributed by atoms with E-state index in [0.29, 0.717) is 5.92 Å². The standard InChI is InChI=1S/C12H12O/c1-2-8-6-12-9(4-3-5-13-12)11-7-10(8)11/h3,5-7,11H,2,4H2,1H3. The first-order chi connectivity index (χ1) is 6.40. The third kappa shape index (κ3) is 0.932. The van der Waals surface area contributed by atoms with E-state index in [4.69, 9.17) is 4.74 Å². The zero-order valence-electron chi connectivity index (χ0n) is 7.71. The Balaban J connectivity index is 2.01. The Morgan fingerprint density at radius 1 is 1.54 bits per heavy atom. The van der Waals surface area contributed by atoms with Crippen molar-refractivity contribution >= 4 is 0 Å². The second kappa shape index (κ2) is 2.38. The fraction of sp³-hybridized carbons (Fsp3) is 0.333. The van der Waals surface area contributed by atoms with Gasteiger partial charge >= 0.3 is 0 Å². The summed E-state index contributed by atoms with van der Waals surface area (Å²) in [5.41, 5.74) is 4.45. The molecule has 0 aromatic carbocycles. The first-order valence-electron chi connectivity index (χ1n) is 4.87. The Bertz CT molecular complexity index is 380. The van der Waals surface area contributed by atoms with Gasteiger partial charge in [-0.25, -0.2) is 0 Å². The van der Waals surface area contributed by atoms with E-state index in [-0.39, 0.29) is 0 Å². The first-order valence-corrected chi connectivity index (χ1v) is 4.87. The van der Waals surface area contributed by atoms with E-state index >= 15 is 0 Å². The molecule has 1 nitrogen and oxygen atoms in total. The summed E-state index contributed by atoms with van der Waals surface area (Å²) in [6, 6.07) is 0. The fourth-order valence-electron chi connectivity index (χ4n) is 2.15. The molecular formula is C12H12O. The molecule has 13 heavy (non-hydrogen) atoms. The van der Waals surface area contributed by atoms with E-state index in [9.17, 15) is 0 Å². The van der Waals surface area contributed by atoms with Gasteiger partial charge in [-0.1, -0.05) is 13.0 Å². The fourth-order valence-corrected chi connectivity index (χ4v) is 2.15. The van der Waals surface area contributed by atoms with E-state index in [0.717, 1.165) is 18.6 Å². The van der Waals surface area contributed by atoms with Crippen molar-refractivity contribution < 1.29 is 4.74 Å². The molecule has 0 N–H and O–H groups in total. The van der Waals surface area contributed by atoms with Crippen LogP contribution in [0, 0.1) is 5.92 Å². The van der Waals surface area contributed by atoms with E-state index in [2.05, 4.69) is 25.2 Å². The van der Waals surface area contributed by atoms with Crippen LogP contribution in [0.3, 0.4) is 0 Å². The Morgan fingerprint density at radius 2 is 2.46 bits per heavy atom. The van der Waals surface area contributed by atoms with Gasteiger partial charge in [0.05, 0.1) is 6.26 Å². The van der Waals surface area contributed by atoms with Crippen LogP contribution in [0.25, 0.3) is 0 Å². The summed E-state index contributed by atoms with van der Waals surface area (Å²) in [5, 5.41) is 0. The monoisotopic (exact) mass is 172 g/mol. The van der Waals surface area contributed by atoms with Crippen LogP contribution in [-0.2, 0) is 4.74 Å². The number of ether oxygens (including phenoxy) is 1. The molecule has 1 aliphatic heterocycles. The number of allylic oxidation sites excluding steroid dienone is 6. The topological polar surface area (TPSA) is 9.23 Å². The predicted octanol–water partition coefficient (Wildman–Crippen LogP) is 3.08. The Morgan fingerprint density at radius 3 is 3.31 bits per heavy atom. The second-order valence-electron chi connectivity index (χ2n) is 3.71. The van der Waals surface area contributed by atoms with E-state index in [1.165, 1.54) is 11.1 Å². The third-order valence-corrected chi connectivity index (χ3v) is 2.95. The van der Waals surface area contributed by atoms with Crippen LogP contribution in [0.2, 0.25) is 0 Å². The summed E-state index contributed by atoms with van der Waals surface area (Å²) in [6.07, 6.45) is 10.6. The number of hydrogen-bond acceptors (Lipinski definition) is 1. The van der Waals surface area contributed by atoms with Crippen molar-refractivity contribution in [1.82, 2.24) is 0 Å². The molecule has 66 valence electrons. The van der Waals surface area contributed by atoms with Crippen molar-refractivity contribution in [2.75, 3.05) is 0 Å². The van der Waals surface area contributed by atoms with Gasteiger partial charge < -0.3 is 4.74 Å². The summed E-state index contributed by atoms with van der Waals surface area (Å²) in [6.45, 7) is 2.20. The zero-order valence-corrected chi connectivity index (χ0v) is 7.71. The highest BCUT2D eigenvalue weighted by Crippen LogP contribution is 2.49. The van der Waals surface area contributed by atoms with Crippen molar-refractivity contribution in [1.29, 1.82) is 0 Å². The molecule has 0 amide bonds. The normalized spacial score (nSPS) is 28.5. The molecule has 0 aromatic rings. The lowest BCUT2D eigenvalue weighted by Crippen LogP contribution is -2.05. The van der Waals surface area contributed by atoms with Gasteiger partial charge in [0.15, 0.2) is 0 Å². The molecule has 0 aromatic heterocycles. The van der Waals surface area contributed by atoms with Gasteiger partial charge in [-0.2, -0.15) is 0 Å². The van der Waals surface area contributed by atoms with Crippen LogP contribution in [0.5, 0.6) is 0 Å². The van der Waals surface area contributed by atoms with E-state index in [1.807, 2.05) is 0 Å². The molecule has 0 fully saturated rings. The summed E-state index contributed by atoms with van der Waals surface area (Å²) in [5.74, 6) is 1.72. The van der Waals surface area contributed by atoms with Crippen molar-refractivity contribution in [2.45, 2.75) is 19.8 Å². The van der Waals surface area contributed by atoms with Gasteiger partial charge in [-0.15, -0.1) is 0 Å². The van der Waals surface area contributed by atoms with Crippen LogP contribution >= 0.6 is 0 Å². The molecule has 0 spiro atoms. The van der Waals surface area contributed by atoms with Crippen LogP contribution in [0.1, 0.15) is 19.8 Å². The highest BCUT2D eigenvalue weighted by molar-refractivity contribution is 5.60. The van der Waals surface area contributed by atoms with Gasteiger partial charge in [0.25, 0.3) is 0 Å². The van der Waals surface area contributed by atoms with Crippen LogP contribution in [0.15, 0.2) is 47.0 Å². The molecule has 0 saturated carbocycles. The molecule has 2 aliphatic carbocycles. The summed E-state index contributed by atoms with van der Waals surface area (Å²) < 4.78 is 5.50. The van der Waals surface area contributed by atoms with Crippen molar-refractivity contribution in [3.8, 4) is 0 Å². The lowest BCUT2D eigenvalue weighted by molar-refractivity contribution is 0.347. The maximum Gasteiger partial charge on any atom is 0.127 e. The minimum Gasteiger partial charge on any atom is -0.465 e. The number of hydrogen-bond donors (Lipinski definition) is 0. The Hall–Kier alpha value is -1.24. The zero-order chi connectivity index (χ0) is 8.84. The number of rotatable bonds is 1. The van der Waals surface area contributed by atoms with E-state index in [1.54, 1.807) is 11.8 Å². The molecule has 3 aliphatic rings. The van der Waals surface area contributed by atoms with Gasteiger partial charge in [0, 0.05) is 5.92 Å². The summed E-state index contributed by atoms with van der Waals surface area (Å²) in [4.78, 5) is 0. The average Bonchev–Trinajstić information content (AvgIpc) is 2.96. The number of fused-ring (bicyclic) bond motifs is 2. The summed E-state index contributed by atoms with van der Waals surface area (Å²) in [7, 11) is 0. The molecule has 1 atom stereocenters. The minimum atomic E-state index is 0.625. The lowest BCUT2D eigenvalue weighted by atomic mass is 9.92. The largest absolute Gasteiger partial charge is 0.465 e. The highest BCUT2D eigenvalue weighted by Gasteiger charge is 2.36. The first kappa shape index (κ1) is 7.19. The molecule has 1 unspecified atom stereocenters. The summed E-state index contributed by atoms with van der Waals surface area (Å²) >= 11 is 0. The van der Waals surface area contributed by atoms with Gasteiger partial charge in [0.1, 0.15) is 5.76 Å².